The minimum Gasteiger partial charge on any atom is -0.368 e. The van der Waals surface area contributed by atoms with E-state index in [0.717, 1.165) is 12.1 Å². The Kier molecular flexibility index (Phi) is 3.14. The summed E-state index contributed by atoms with van der Waals surface area (Å²) in [5.74, 6) is 0.435. The minimum atomic E-state index is -4.62. The predicted octanol–water partition coefficient (Wildman–Crippen LogP) is 3.06. The van der Waals surface area contributed by atoms with Gasteiger partial charge in [-0.2, -0.15) is 23.3 Å². The van der Waals surface area contributed by atoms with Gasteiger partial charge in [0, 0.05) is 12.6 Å². The molecule has 0 radical (unpaired) electrons. The van der Waals surface area contributed by atoms with Crippen molar-refractivity contribution in [3.05, 3.63) is 35.2 Å². The Morgan fingerprint density at radius 3 is 2.83 bits per heavy atom. The SMILES string of the molecule is [C-]#[N+]c1ccc(N=C2N=C(N)N3N=CCC23C)cc1C(F)(F)F. The van der Waals surface area contributed by atoms with E-state index in [-0.39, 0.29) is 17.5 Å². The lowest BCUT2D eigenvalue weighted by atomic mass is 9.98. The average Bonchev–Trinajstić information content (AvgIpc) is 2.97. The third-order valence-corrected chi connectivity index (χ3v) is 3.71. The van der Waals surface area contributed by atoms with Gasteiger partial charge in [-0.3, -0.25) is 0 Å². The van der Waals surface area contributed by atoms with Gasteiger partial charge in [0.1, 0.15) is 5.54 Å². The summed E-state index contributed by atoms with van der Waals surface area (Å²) in [6, 6.07) is 3.29. The molecule has 1 aromatic rings. The van der Waals surface area contributed by atoms with E-state index >= 15 is 0 Å². The highest BCUT2D eigenvalue weighted by atomic mass is 19.4. The molecule has 0 aliphatic carbocycles. The van der Waals surface area contributed by atoms with Gasteiger partial charge in [-0.05, 0) is 19.1 Å². The first kappa shape index (κ1) is 15.0. The van der Waals surface area contributed by atoms with Gasteiger partial charge in [0.05, 0.1) is 17.8 Å². The fraction of sp³-hybridized carbons (Fsp3) is 0.286. The van der Waals surface area contributed by atoms with Crippen LogP contribution in [-0.2, 0) is 6.18 Å². The molecule has 0 spiro atoms. The average molecular weight is 320 g/mol. The number of halogens is 3. The summed E-state index contributed by atoms with van der Waals surface area (Å²) < 4.78 is 39.0. The molecule has 9 heteroatoms. The Morgan fingerprint density at radius 1 is 1.43 bits per heavy atom. The van der Waals surface area contributed by atoms with Crippen molar-refractivity contribution in [1.29, 1.82) is 0 Å². The lowest BCUT2D eigenvalue weighted by Crippen LogP contribution is -2.44. The van der Waals surface area contributed by atoms with Crippen LogP contribution in [0, 0.1) is 6.57 Å². The molecule has 0 bridgehead atoms. The first-order valence-electron chi connectivity index (χ1n) is 6.60. The summed E-state index contributed by atoms with van der Waals surface area (Å²) in [5.41, 5.74) is 3.64. The van der Waals surface area contributed by atoms with E-state index in [4.69, 9.17) is 12.3 Å². The maximum atomic E-state index is 13.0. The van der Waals surface area contributed by atoms with E-state index in [9.17, 15) is 13.2 Å². The van der Waals surface area contributed by atoms with Gasteiger partial charge in [-0.1, -0.05) is 6.07 Å². The summed E-state index contributed by atoms with van der Waals surface area (Å²) >= 11 is 0. The van der Waals surface area contributed by atoms with Crippen molar-refractivity contribution in [2.24, 2.45) is 20.8 Å². The largest absolute Gasteiger partial charge is 0.407 e. The molecule has 0 fully saturated rings. The zero-order valence-electron chi connectivity index (χ0n) is 12.0. The molecule has 2 N–H and O–H groups in total. The van der Waals surface area contributed by atoms with Gasteiger partial charge in [0.25, 0.3) is 0 Å². The molecule has 1 atom stereocenters. The predicted molar refractivity (Wildman–Crippen MR) is 79.8 cm³/mol. The maximum absolute atomic E-state index is 13.0. The fourth-order valence-electron chi connectivity index (χ4n) is 2.47. The zero-order chi connectivity index (χ0) is 16.8. The maximum Gasteiger partial charge on any atom is 0.407 e. The molecule has 2 aliphatic heterocycles. The number of nitrogens with two attached hydrogens (primary N) is 1. The van der Waals surface area contributed by atoms with Crippen LogP contribution in [0.4, 0.5) is 24.5 Å². The molecule has 1 aromatic carbocycles. The van der Waals surface area contributed by atoms with Crippen molar-refractivity contribution >= 4 is 29.4 Å². The minimum absolute atomic E-state index is 0.0613. The van der Waals surface area contributed by atoms with E-state index in [1.165, 1.54) is 11.1 Å². The van der Waals surface area contributed by atoms with Gasteiger partial charge < -0.3 is 5.73 Å². The molecule has 2 aliphatic rings. The molecule has 1 unspecified atom stereocenters. The summed E-state index contributed by atoms with van der Waals surface area (Å²) in [6.07, 6.45) is -2.47. The standard InChI is InChI=1S/C14H11F3N6/c1-13-5-6-20-23(13)12(18)22-11(13)21-8-3-4-10(19-2)9(7-8)14(15,16)17/h3-4,6-7H,5H2,1H3,(H2,18,21,22). The molecule has 118 valence electrons. The van der Waals surface area contributed by atoms with Crippen molar-refractivity contribution < 1.29 is 13.2 Å². The third kappa shape index (κ3) is 2.32. The number of aliphatic imine (C=N–C) groups is 2. The number of hydrazone groups is 1. The molecule has 6 nitrogen and oxygen atoms in total. The van der Waals surface area contributed by atoms with Crippen LogP contribution in [0.1, 0.15) is 18.9 Å². The number of rotatable bonds is 1. The molecule has 0 amide bonds. The van der Waals surface area contributed by atoms with Gasteiger partial charge in [-0.25, -0.2) is 14.8 Å². The second-order valence-corrected chi connectivity index (χ2v) is 5.30. The van der Waals surface area contributed by atoms with Crippen molar-refractivity contribution in [2.45, 2.75) is 25.1 Å². The Bertz CT molecular complexity index is 802. The fourth-order valence-corrected chi connectivity index (χ4v) is 2.47. The summed E-state index contributed by atoms with van der Waals surface area (Å²) in [4.78, 5) is 11.2. The molecule has 0 saturated carbocycles. The smallest absolute Gasteiger partial charge is 0.368 e. The highest BCUT2D eigenvalue weighted by Gasteiger charge is 2.46. The first-order chi connectivity index (χ1) is 10.8. The molecule has 23 heavy (non-hydrogen) atoms. The topological polar surface area (TPSA) is 70.7 Å². The number of benzene rings is 1. The number of nitrogens with zero attached hydrogens (tertiary/aromatic N) is 5. The van der Waals surface area contributed by atoms with E-state index in [1.807, 2.05) is 0 Å². The van der Waals surface area contributed by atoms with Crippen LogP contribution in [0.5, 0.6) is 0 Å². The van der Waals surface area contributed by atoms with E-state index in [0.29, 0.717) is 6.42 Å². The highest BCUT2D eigenvalue weighted by Crippen LogP contribution is 2.39. The second-order valence-electron chi connectivity index (χ2n) is 5.30. The van der Waals surface area contributed by atoms with Gasteiger partial charge in [0.15, 0.2) is 11.5 Å². The monoisotopic (exact) mass is 320 g/mol. The van der Waals surface area contributed by atoms with Crippen LogP contribution >= 0.6 is 0 Å². The van der Waals surface area contributed by atoms with Crippen molar-refractivity contribution in [3.8, 4) is 0 Å². The number of hydrogen-bond donors (Lipinski definition) is 1. The van der Waals surface area contributed by atoms with Crippen LogP contribution < -0.4 is 5.73 Å². The van der Waals surface area contributed by atoms with Gasteiger partial charge in [-0.15, -0.1) is 0 Å². The Balaban J connectivity index is 2.06. The Labute approximate surface area is 129 Å². The molecule has 2 heterocycles. The summed E-state index contributed by atoms with van der Waals surface area (Å²) in [7, 11) is 0. The summed E-state index contributed by atoms with van der Waals surface area (Å²) in [5, 5.41) is 5.57. The highest BCUT2D eigenvalue weighted by molar-refractivity contribution is 6.10. The quantitative estimate of drug-likeness (QED) is 0.808. The van der Waals surface area contributed by atoms with Crippen molar-refractivity contribution in [2.75, 3.05) is 0 Å². The van der Waals surface area contributed by atoms with Crippen molar-refractivity contribution in [1.82, 2.24) is 5.01 Å². The first-order valence-corrected chi connectivity index (χ1v) is 6.60. The zero-order valence-corrected chi connectivity index (χ0v) is 12.0. The van der Waals surface area contributed by atoms with E-state index < -0.39 is 23.0 Å². The van der Waals surface area contributed by atoms with E-state index in [2.05, 4.69) is 19.9 Å². The van der Waals surface area contributed by atoms with Gasteiger partial charge in [0.2, 0.25) is 5.96 Å². The number of alkyl halides is 3. The van der Waals surface area contributed by atoms with Crippen LogP contribution in [0.2, 0.25) is 0 Å². The number of fused-ring (bicyclic) bond motifs is 1. The number of guanidine groups is 1. The van der Waals surface area contributed by atoms with Crippen LogP contribution in [0.3, 0.4) is 0 Å². The second kappa shape index (κ2) is 4.81. The normalized spacial score (nSPS) is 24.7. The lowest BCUT2D eigenvalue weighted by molar-refractivity contribution is -0.136. The number of amidine groups is 1. The Hall–Kier alpha value is -2.89. The van der Waals surface area contributed by atoms with Crippen LogP contribution in [0.15, 0.2) is 33.3 Å². The molecule has 0 saturated heterocycles. The molecule has 0 aromatic heterocycles. The molecular formula is C14H11F3N6. The van der Waals surface area contributed by atoms with Crippen LogP contribution in [0.25, 0.3) is 4.85 Å². The van der Waals surface area contributed by atoms with E-state index in [1.54, 1.807) is 13.1 Å². The van der Waals surface area contributed by atoms with Crippen LogP contribution in [-0.4, -0.2) is 28.6 Å². The third-order valence-electron chi connectivity index (χ3n) is 3.71. The molecular weight excluding hydrogens is 309 g/mol. The van der Waals surface area contributed by atoms with Gasteiger partial charge >= 0.3 is 6.18 Å². The van der Waals surface area contributed by atoms with Crippen molar-refractivity contribution in [3.63, 3.8) is 0 Å². The number of hydrogen-bond acceptors (Lipinski definition) is 4. The summed E-state index contributed by atoms with van der Waals surface area (Å²) in [6.45, 7) is 8.65. The molecule has 3 rings (SSSR count). The Morgan fingerprint density at radius 2 is 2.17 bits per heavy atom. The lowest BCUT2D eigenvalue weighted by Gasteiger charge is -2.25.